The summed E-state index contributed by atoms with van der Waals surface area (Å²) in [5.74, 6) is 0.0199. The topological polar surface area (TPSA) is 78.0 Å². The van der Waals surface area contributed by atoms with E-state index in [1.807, 2.05) is 13.0 Å². The lowest BCUT2D eigenvalue weighted by molar-refractivity contribution is -0.117. The van der Waals surface area contributed by atoms with Crippen LogP contribution < -0.4 is 19.1 Å². The number of halogens is 1. The van der Waals surface area contributed by atoms with Crippen LogP contribution in [0.2, 0.25) is 5.02 Å². The van der Waals surface area contributed by atoms with Gasteiger partial charge < -0.3 is 19.1 Å². The molecule has 2 aliphatic rings. The molecule has 30 heavy (non-hydrogen) atoms. The first-order valence-corrected chi connectivity index (χ1v) is 9.80. The van der Waals surface area contributed by atoms with Gasteiger partial charge in [-0.05, 0) is 12.1 Å². The summed E-state index contributed by atoms with van der Waals surface area (Å²) in [4.78, 5) is 32.2. The molecule has 7 nitrogen and oxygen atoms in total. The van der Waals surface area contributed by atoms with Gasteiger partial charge in [0.2, 0.25) is 11.4 Å². The summed E-state index contributed by atoms with van der Waals surface area (Å²) in [7, 11) is 4.71. The van der Waals surface area contributed by atoms with Crippen LogP contribution in [-0.4, -0.2) is 43.4 Å². The Morgan fingerprint density at radius 3 is 2.63 bits per heavy atom. The second-order valence-electron chi connectivity index (χ2n) is 7.34. The van der Waals surface area contributed by atoms with E-state index in [9.17, 15) is 9.59 Å². The van der Waals surface area contributed by atoms with Gasteiger partial charge >= 0.3 is 0 Å². The quantitative estimate of drug-likeness (QED) is 0.734. The van der Waals surface area contributed by atoms with Crippen molar-refractivity contribution < 1.29 is 23.8 Å². The van der Waals surface area contributed by atoms with Crippen LogP contribution >= 0.6 is 11.6 Å². The number of nitrogens with zero attached hydrogens (tertiary/aromatic N) is 2. The predicted octanol–water partition coefficient (Wildman–Crippen LogP) is 3.70. The van der Waals surface area contributed by atoms with E-state index < -0.39 is 11.5 Å². The fourth-order valence-electron chi connectivity index (χ4n) is 4.15. The molecule has 0 N–H and O–H groups in total. The van der Waals surface area contributed by atoms with Crippen molar-refractivity contribution in [3.8, 4) is 17.2 Å². The Bertz CT molecular complexity index is 1070. The summed E-state index contributed by atoms with van der Waals surface area (Å²) < 4.78 is 17.1. The summed E-state index contributed by atoms with van der Waals surface area (Å²) in [6, 6.07) is 5.19. The van der Waals surface area contributed by atoms with Gasteiger partial charge in [-0.15, -0.1) is 0 Å². The van der Waals surface area contributed by atoms with E-state index in [4.69, 9.17) is 25.8 Å². The van der Waals surface area contributed by atoms with Gasteiger partial charge in [0.25, 0.3) is 0 Å². The number of benzene rings is 1. The van der Waals surface area contributed by atoms with Crippen LogP contribution in [-0.2, 0) is 4.79 Å². The van der Waals surface area contributed by atoms with Gasteiger partial charge in [0.15, 0.2) is 11.5 Å². The fourth-order valence-corrected chi connectivity index (χ4v) is 4.41. The van der Waals surface area contributed by atoms with Crippen molar-refractivity contribution >= 4 is 28.9 Å². The molecule has 4 rings (SSSR count). The molecule has 1 aromatic heterocycles. The molecule has 0 unspecified atom stereocenters. The number of ketones is 2. The number of aromatic nitrogens is 1. The van der Waals surface area contributed by atoms with E-state index >= 15 is 0 Å². The van der Waals surface area contributed by atoms with Crippen molar-refractivity contribution in [1.29, 1.82) is 0 Å². The summed E-state index contributed by atoms with van der Waals surface area (Å²) in [6.45, 7) is 1.82. The molecule has 1 aliphatic heterocycles. The van der Waals surface area contributed by atoms with Crippen molar-refractivity contribution in [1.82, 2.24) is 4.98 Å². The number of pyridine rings is 1. The number of hydrogen-bond donors (Lipinski definition) is 0. The third-order valence-corrected chi connectivity index (χ3v) is 6.05. The molecular weight excluding hydrogens is 408 g/mol. The molecule has 0 bridgehead atoms. The molecule has 1 spiro atoms. The number of anilines is 1. The maximum Gasteiger partial charge on any atom is 0.220 e. The van der Waals surface area contributed by atoms with Crippen molar-refractivity contribution in [2.45, 2.75) is 18.9 Å². The Balaban J connectivity index is 1.93. The molecule has 8 heteroatoms. The average Bonchev–Trinajstić information content (AvgIpc) is 3.06. The number of likely N-dealkylation sites (N-methyl/N-ethyl adjacent to an activating group) is 1. The number of Topliss-reactive ketones (excluding diaryl/α,β-unsaturated/α-hetero) is 1. The van der Waals surface area contributed by atoms with E-state index in [2.05, 4.69) is 4.98 Å². The lowest BCUT2D eigenvalue weighted by Crippen LogP contribution is -2.55. The zero-order valence-electron chi connectivity index (χ0n) is 17.1. The third-order valence-electron chi connectivity index (χ3n) is 5.69. The van der Waals surface area contributed by atoms with E-state index in [0.29, 0.717) is 22.9 Å². The van der Waals surface area contributed by atoms with E-state index in [0.717, 1.165) is 0 Å². The molecule has 0 fully saturated rings. The lowest BCUT2D eigenvalue weighted by atomic mass is 9.74. The summed E-state index contributed by atoms with van der Waals surface area (Å²) in [5, 5.41) is 0.186. The number of methoxy groups -OCH3 is 2. The highest BCUT2D eigenvalue weighted by atomic mass is 35.5. The van der Waals surface area contributed by atoms with E-state index in [-0.39, 0.29) is 34.3 Å². The summed E-state index contributed by atoms with van der Waals surface area (Å²) >= 11 is 6.50. The molecule has 1 aromatic carbocycles. The molecule has 1 aliphatic carbocycles. The number of fused-ring (bicyclic) bond motifs is 1. The van der Waals surface area contributed by atoms with Gasteiger partial charge in [0.1, 0.15) is 22.1 Å². The Kier molecular flexibility index (Phi) is 4.94. The minimum atomic E-state index is -1.43. The van der Waals surface area contributed by atoms with Crippen LogP contribution in [0.5, 0.6) is 17.2 Å². The molecule has 2 aromatic rings. The third kappa shape index (κ3) is 2.76. The van der Waals surface area contributed by atoms with Gasteiger partial charge in [-0.2, -0.15) is 0 Å². The van der Waals surface area contributed by atoms with Crippen molar-refractivity contribution in [3.05, 3.63) is 53.0 Å². The molecule has 2 heterocycles. The molecule has 0 radical (unpaired) electrons. The Hall–Kier alpha value is -3.06. The summed E-state index contributed by atoms with van der Waals surface area (Å²) in [5.41, 5.74) is -0.0371. The molecule has 0 saturated carbocycles. The zero-order valence-corrected chi connectivity index (χ0v) is 17.8. The highest BCUT2D eigenvalue weighted by Crippen LogP contribution is 2.54. The maximum absolute atomic E-state index is 13.9. The Morgan fingerprint density at radius 2 is 2.00 bits per heavy atom. The first-order valence-electron chi connectivity index (χ1n) is 9.42. The molecule has 156 valence electrons. The first-order chi connectivity index (χ1) is 14.3. The SMILES string of the molecule is COc1cc(OC)c2c(c1Cl)O[C@]1(C2=O)C(N(C)c2cccnc2)=CC(=O)C[C@H]1C. The van der Waals surface area contributed by atoms with E-state index in [1.165, 1.54) is 20.3 Å². The van der Waals surface area contributed by atoms with Crippen LogP contribution in [0.3, 0.4) is 0 Å². The number of allylic oxidation sites excluding steroid dienone is 1. The predicted molar refractivity (Wildman–Crippen MR) is 112 cm³/mol. The highest BCUT2D eigenvalue weighted by Gasteiger charge is 2.59. The minimum absolute atomic E-state index is 0.0816. The average molecular weight is 429 g/mol. The highest BCUT2D eigenvalue weighted by molar-refractivity contribution is 6.35. The van der Waals surface area contributed by atoms with Gasteiger partial charge in [0, 0.05) is 37.7 Å². The van der Waals surface area contributed by atoms with Gasteiger partial charge in [-0.1, -0.05) is 18.5 Å². The normalized spacial score (nSPS) is 22.4. The molecule has 2 atom stereocenters. The van der Waals surface area contributed by atoms with Crippen molar-refractivity contribution in [2.24, 2.45) is 5.92 Å². The van der Waals surface area contributed by atoms with Crippen LogP contribution in [0, 0.1) is 5.92 Å². The second kappa shape index (κ2) is 7.32. The fraction of sp³-hybridized carbons (Fsp3) is 0.318. The molecular formula is C22H21ClN2O5. The zero-order chi connectivity index (χ0) is 21.6. The number of carbonyl (C=O) groups is 2. The van der Waals surface area contributed by atoms with Crippen molar-refractivity contribution in [2.75, 3.05) is 26.2 Å². The monoisotopic (exact) mass is 428 g/mol. The van der Waals surface area contributed by atoms with Crippen LogP contribution in [0.1, 0.15) is 23.7 Å². The maximum atomic E-state index is 13.9. The minimum Gasteiger partial charge on any atom is -0.496 e. The molecule has 0 saturated heterocycles. The number of carbonyl (C=O) groups excluding carboxylic acids is 2. The number of rotatable bonds is 4. The number of hydrogen-bond acceptors (Lipinski definition) is 7. The van der Waals surface area contributed by atoms with Crippen LogP contribution in [0.15, 0.2) is 42.4 Å². The van der Waals surface area contributed by atoms with Crippen molar-refractivity contribution in [3.63, 3.8) is 0 Å². The first kappa shape index (κ1) is 20.2. The number of ether oxygens (including phenoxy) is 3. The van der Waals surface area contributed by atoms with E-state index in [1.54, 1.807) is 36.5 Å². The lowest BCUT2D eigenvalue weighted by Gasteiger charge is -2.41. The standard InChI is InChI=1S/C22H21ClN2O5/c1-12-8-14(26)9-17(25(2)13-6-5-7-24-11-13)22(12)21(27)18-15(28-3)10-16(29-4)19(23)20(18)30-22/h5-7,9-12H,8H2,1-4H3/t12-,22+/m1/s1. The van der Waals surface area contributed by atoms with Gasteiger partial charge in [0.05, 0.1) is 31.8 Å². The Morgan fingerprint density at radius 1 is 1.27 bits per heavy atom. The van der Waals surface area contributed by atoms with Crippen LogP contribution in [0.25, 0.3) is 0 Å². The second-order valence-corrected chi connectivity index (χ2v) is 7.72. The smallest absolute Gasteiger partial charge is 0.220 e. The summed E-state index contributed by atoms with van der Waals surface area (Å²) in [6.07, 6.45) is 4.94. The molecule has 0 amide bonds. The Labute approximate surface area is 179 Å². The van der Waals surface area contributed by atoms with Crippen LogP contribution in [0.4, 0.5) is 5.69 Å². The van der Waals surface area contributed by atoms with Gasteiger partial charge in [-0.25, -0.2) is 0 Å². The largest absolute Gasteiger partial charge is 0.496 e. The van der Waals surface area contributed by atoms with Gasteiger partial charge in [-0.3, -0.25) is 14.6 Å².